The third-order valence-electron chi connectivity index (χ3n) is 11.9. The van der Waals surface area contributed by atoms with Crippen molar-refractivity contribution in [2.45, 2.75) is 87.3 Å². The molecule has 1 aliphatic heterocycles. The van der Waals surface area contributed by atoms with Gasteiger partial charge >= 0.3 is 6.03 Å². The van der Waals surface area contributed by atoms with E-state index in [4.69, 9.17) is 9.47 Å². The predicted molar refractivity (Wildman–Crippen MR) is 208 cm³/mol. The van der Waals surface area contributed by atoms with Crippen LogP contribution in [-0.2, 0) is 22.6 Å². The molecule has 5 aromatic rings. The number of hydrogen-bond donors (Lipinski definition) is 4. The molecular weight excluding hydrogens is 713 g/mol. The number of hydrogen-bond acceptors (Lipinski definition) is 9. The Morgan fingerprint density at radius 1 is 0.818 bits per heavy atom. The van der Waals surface area contributed by atoms with Crippen LogP contribution in [0.4, 0.5) is 4.79 Å². The van der Waals surface area contributed by atoms with E-state index in [1.165, 1.54) is 31.0 Å². The quantitative estimate of drug-likeness (QED) is 0.100. The molecule has 2 amide bonds. The summed E-state index contributed by atoms with van der Waals surface area (Å²) in [6.07, 6.45) is 7.08. The van der Waals surface area contributed by atoms with Crippen LogP contribution in [-0.4, -0.2) is 53.8 Å². The van der Waals surface area contributed by atoms with Crippen molar-refractivity contribution < 1.29 is 24.5 Å². The highest BCUT2D eigenvalue weighted by Crippen LogP contribution is 2.55. The van der Waals surface area contributed by atoms with Crippen LogP contribution in [0, 0.1) is 17.8 Å². The first kappa shape index (κ1) is 35.9. The monoisotopic (exact) mass is 758 g/mol. The van der Waals surface area contributed by atoms with E-state index in [9.17, 15) is 15.0 Å². The second-order valence-electron chi connectivity index (χ2n) is 15.9. The number of aromatic nitrogens is 4. The number of amides is 2. The van der Waals surface area contributed by atoms with Gasteiger partial charge in [-0.25, -0.2) is 4.79 Å². The van der Waals surface area contributed by atoms with Crippen LogP contribution in [0.2, 0.25) is 0 Å². The summed E-state index contributed by atoms with van der Waals surface area (Å²) in [4.78, 5) is 13.1. The maximum atomic E-state index is 13.1. The van der Waals surface area contributed by atoms with E-state index >= 15 is 0 Å². The van der Waals surface area contributed by atoms with Crippen LogP contribution in [0.5, 0.6) is 5.75 Å². The molecule has 1 aromatic heterocycles. The zero-order valence-electron chi connectivity index (χ0n) is 30.6. The fourth-order valence-corrected chi connectivity index (χ4v) is 10.5. The Labute approximate surface area is 324 Å². The molecule has 0 unspecified atom stereocenters. The SMILES string of the molecule is O=C(NCc1cccc(-c2ccc([C@H]3O[C@@H](CSc4nnnn4-c4ccc(O)cc4)C[C@@H](c4ccc(CO)cc4)O3)cc2)c1)NC12CC3CC(CC(C3)C1)C2. The number of benzene rings is 4. The van der Waals surface area contributed by atoms with Crippen molar-refractivity contribution in [3.63, 3.8) is 0 Å². The van der Waals surface area contributed by atoms with Crippen LogP contribution in [0.3, 0.4) is 0 Å². The molecule has 11 nitrogen and oxygen atoms in total. The van der Waals surface area contributed by atoms with E-state index in [1.807, 2.05) is 30.3 Å². The van der Waals surface area contributed by atoms with Crippen LogP contribution < -0.4 is 10.6 Å². The number of phenols is 1. The Morgan fingerprint density at radius 3 is 2.24 bits per heavy atom. The highest BCUT2D eigenvalue weighted by atomic mass is 32.2. The third-order valence-corrected chi connectivity index (χ3v) is 12.9. The lowest BCUT2D eigenvalue weighted by Gasteiger charge is -2.56. The third kappa shape index (κ3) is 8.00. The van der Waals surface area contributed by atoms with Crippen molar-refractivity contribution in [3.05, 3.63) is 119 Å². The predicted octanol–water partition coefficient (Wildman–Crippen LogP) is 7.63. The molecule has 4 aliphatic carbocycles. The maximum Gasteiger partial charge on any atom is 0.315 e. The minimum atomic E-state index is -0.605. The number of thioether (sulfide) groups is 1. The summed E-state index contributed by atoms with van der Waals surface area (Å²) in [5, 5.41) is 38.8. The van der Waals surface area contributed by atoms with Gasteiger partial charge in [-0.2, -0.15) is 4.68 Å². The number of aliphatic hydroxyl groups excluding tert-OH is 1. The minimum Gasteiger partial charge on any atom is -0.508 e. The molecular formula is C43H46N6O5S. The van der Waals surface area contributed by atoms with E-state index in [1.54, 1.807) is 28.9 Å². The van der Waals surface area contributed by atoms with Gasteiger partial charge in [-0.1, -0.05) is 78.5 Å². The Morgan fingerprint density at radius 2 is 1.53 bits per heavy atom. The number of ether oxygens (including phenoxy) is 2. The molecule has 2 heterocycles. The van der Waals surface area contributed by atoms with Crippen molar-refractivity contribution >= 4 is 17.8 Å². The summed E-state index contributed by atoms with van der Waals surface area (Å²) >= 11 is 1.50. The van der Waals surface area contributed by atoms with Gasteiger partial charge < -0.3 is 30.3 Å². The van der Waals surface area contributed by atoms with E-state index in [0.29, 0.717) is 23.9 Å². The second-order valence-corrected chi connectivity index (χ2v) is 16.9. The molecule has 4 N–H and O–H groups in total. The van der Waals surface area contributed by atoms with Crippen LogP contribution in [0.25, 0.3) is 16.8 Å². The second kappa shape index (κ2) is 15.4. The van der Waals surface area contributed by atoms with E-state index in [-0.39, 0.29) is 36.1 Å². The lowest BCUT2D eigenvalue weighted by atomic mass is 9.53. The summed E-state index contributed by atoms with van der Waals surface area (Å²) in [5.74, 6) is 3.11. The average molecular weight is 759 g/mol. The number of aliphatic hydroxyl groups is 1. The molecule has 5 aliphatic rings. The van der Waals surface area contributed by atoms with Gasteiger partial charge in [0.2, 0.25) is 5.16 Å². The van der Waals surface area contributed by atoms with Gasteiger partial charge in [-0.05, 0) is 125 Å². The number of urea groups is 1. The van der Waals surface area contributed by atoms with Crippen molar-refractivity contribution in [3.8, 4) is 22.6 Å². The number of carbonyl (C=O) groups is 1. The Hall–Kier alpha value is -4.75. The normalized spacial score (nSPS) is 26.9. The van der Waals surface area contributed by atoms with Crippen molar-refractivity contribution in [2.24, 2.45) is 17.8 Å². The highest BCUT2D eigenvalue weighted by molar-refractivity contribution is 7.99. The maximum absolute atomic E-state index is 13.1. The van der Waals surface area contributed by atoms with Crippen molar-refractivity contribution in [1.82, 2.24) is 30.8 Å². The summed E-state index contributed by atoms with van der Waals surface area (Å²) in [6, 6.07) is 31.1. The van der Waals surface area contributed by atoms with Gasteiger partial charge in [-0.15, -0.1) is 5.10 Å². The van der Waals surface area contributed by atoms with Crippen molar-refractivity contribution in [1.29, 1.82) is 0 Å². The fraction of sp³-hybridized carbons (Fsp3) is 0.395. The number of nitrogens with one attached hydrogen (secondary N) is 2. The number of carbonyl (C=O) groups excluding carboxylic acids is 1. The van der Waals surface area contributed by atoms with Crippen LogP contribution in [0.1, 0.15) is 79.6 Å². The van der Waals surface area contributed by atoms with Gasteiger partial charge in [-0.3, -0.25) is 0 Å². The molecule has 0 radical (unpaired) electrons. The summed E-state index contributed by atoms with van der Waals surface area (Å²) in [5.41, 5.74) is 6.68. The molecule has 10 rings (SSSR count). The largest absolute Gasteiger partial charge is 0.508 e. The topological polar surface area (TPSA) is 144 Å². The molecule has 1 saturated heterocycles. The smallest absolute Gasteiger partial charge is 0.315 e. The molecule has 4 aromatic carbocycles. The van der Waals surface area contributed by atoms with Gasteiger partial charge in [0.05, 0.1) is 24.5 Å². The van der Waals surface area contributed by atoms with Crippen molar-refractivity contribution in [2.75, 3.05) is 5.75 Å². The molecule has 0 spiro atoms. The molecule has 4 bridgehead atoms. The van der Waals surface area contributed by atoms with E-state index in [2.05, 4.69) is 68.6 Å². The van der Waals surface area contributed by atoms with Crippen LogP contribution >= 0.6 is 11.8 Å². The first-order chi connectivity index (χ1) is 26.9. The van der Waals surface area contributed by atoms with Crippen LogP contribution in [0.15, 0.2) is 102 Å². The number of rotatable bonds is 11. The summed E-state index contributed by atoms with van der Waals surface area (Å²) in [7, 11) is 0. The zero-order chi connectivity index (χ0) is 37.4. The van der Waals surface area contributed by atoms with Gasteiger partial charge in [0, 0.05) is 29.8 Å². The standard InChI is InChI=1S/C43H46N6O5S/c50-25-27-4-6-33(7-5-27)39-20-38(26-55-42-46-47-48-49(42)36-12-14-37(51)15-13-36)53-40(54-39)34-10-8-32(9-11-34)35-3-1-2-28(19-35)24-44-41(52)45-43-21-29-16-30(22-43)18-31(17-29)23-43/h1-15,19,29-31,38-40,50-51H,16-18,20-26H2,(H2,44,45,52)/t29?,30?,31?,38-,39+,40+,43?/m1/s1. The average Bonchev–Trinajstić information content (AvgIpc) is 3.68. The Balaban J connectivity index is 0.865. The van der Waals surface area contributed by atoms with Gasteiger partial charge in [0.25, 0.3) is 0 Å². The van der Waals surface area contributed by atoms with E-state index < -0.39 is 6.29 Å². The van der Waals surface area contributed by atoms with Gasteiger partial charge in [0.15, 0.2) is 6.29 Å². The number of nitrogens with zero attached hydrogens (tertiary/aromatic N) is 4. The number of phenolic OH excluding ortho intramolecular Hbond substituents is 1. The minimum absolute atomic E-state index is 0.00926. The zero-order valence-corrected chi connectivity index (χ0v) is 31.4. The summed E-state index contributed by atoms with van der Waals surface area (Å²) in [6.45, 7) is 0.449. The Kier molecular flexibility index (Phi) is 10.1. The number of tetrazole rings is 1. The lowest BCUT2D eigenvalue weighted by Crippen LogP contribution is -2.61. The highest BCUT2D eigenvalue weighted by Gasteiger charge is 2.51. The first-order valence-corrected chi connectivity index (χ1v) is 20.3. The molecule has 4 saturated carbocycles. The first-order valence-electron chi connectivity index (χ1n) is 19.3. The summed E-state index contributed by atoms with van der Waals surface area (Å²) < 4.78 is 14.8. The molecule has 12 heteroatoms. The molecule has 55 heavy (non-hydrogen) atoms. The lowest BCUT2D eigenvalue weighted by molar-refractivity contribution is -0.245. The van der Waals surface area contributed by atoms with Gasteiger partial charge in [0.1, 0.15) is 5.75 Å². The number of aromatic hydroxyl groups is 1. The van der Waals surface area contributed by atoms with E-state index in [0.717, 1.165) is 76.1 Å². The molecule has 5 fully saturated rings. The molecule has 3 atom stereocenters. The Bertz CT molecular complexity index is 2070. The fourth-order valence-electron chi connectivity index (χ4n) is 9.64. The molecule has 284 valence electrons.